The van der Waals surface area contributed by atoms with Crippen molar-refractivity contribution in [3.8, 4) is 0 Å². The van der Waals surface area contributed by atoms with Gasteiger partial charge in [-0.15, -0.1) is 0 Å². The second kappa shape index (κ2) is 8.05. The maximum absolute atomic E-state index is 11.1. The Balaban J connectivity index is 0. The predicted octanol–water partition coefficient (Wildman–Crippen LogP) is 1.82. The van der Waals surface area contributed by atoms with Crippen LogP contribution in [0.1, 0.15) is 34.5 Å². The van der Waals surface area contributed by atoms with E-state index in [4.69, 9.17) is 4.74 Å². The zero-order valence-corrected chi connectivity index (χ0v) is 8.93. The van der Waals surface area contributed by atoms with Crippen LogP contribution >= 0.6 is 0 Å². The van der Waals surface area contributed by atoms with Crippen LogP contribution in [0.25, 0.3) is 0 Å². The Morgan fingerprint density at radius 2 is 2.08 bits per heavy atom. The van der Waals surface area contributed by atoms with Crippen molar-refractivity contribution in [3.05, 3.63) is 0 Å². The van der Waals surface area contributed by atoms with Crippen molar-refractivity contribution in [1.82, 2.24) is 5.32 Å². The van der Waals surface area contributed by atoms with Crippen LogP contribution in [0.15, 0.2) is 0 Å². The Hall–Kier alpha value is -0.570. The molecule has 0 atom stereocenters. The molecule has 0 rings (SSSR count). The highest BCUT2D eigenvalue weighted by molar-refractivity contribution is 5.77. The number of hydrogen-bond donors (Lipinski definition) is 1. The van der Waals surface area contributed by atoms with Crippen LogP contribution in [-0.4, -0.2) is 26.2 Å². The number of amides is 1. The normalized spacial score (nSPS) is 10.5. The van der Waals surface area contributed by atoms with E-state index >= 15 is 0 Å². The predicted molar refractivity (Wildman–Crippen MR) is 55.7 cm³/mol. The Labute approximate surface area is 82.3 Å². The Kier molecular flexibility index (Phi) is 7.69. The third-order valence-electron chi connectivity index (χ3n) is 1.85. The summed E-state index contributed by atoms with van der Waals surface area (Å²) in [7, 11) is 1.71. The van der Waals surface area contributed by atoms with Crippen LogP contribution in [0.2, 0.25) is 0 Å². The Morgan fingerprint density at radius 3 is 2.62 bits per heavy atom. The van der Waals surface area contributed by atoms with Gasteiger partial charge in [-0.1, -0.05) is 13.8 Å². The van der Waals surface area contributed by atoms with E-state index in [1.165, 1.54) is 0 Å². The molecule has 3 heteroatoms. The van der Waals surface area contributed by atoms with E-state index in [9.17, 15) is 4.79 Å². The molecule has 0 unspecified atom stereocenters. The number of rotatable bonds is 7. The van der Waals surface area contributed by atoms with Crippen LogP contribution in [0.5, 0.6) is 0 Å². The smallest absolute Gasteiger partial charge is 0.222 e. The van der Waals surface area contributed by atoms with Crippen molar-refractivity contribution in [2.75, 3.05) is 20.3 Å². The molecule has 0 fully saturated rings. The van der Waals surface area contributed by atoms with Crippen LogP contribution in [0, 0.1) is 5.92 Å². The maximum atomic E-state index is 11.1. The summed E-state index contributed by atoms with van der Waals surface area (Å²) in [6.45, 7) is 5.42. The van der Waals surface area contributed by atoms with Crippen LogP contribution in [-0.2, 0) is 9.53 Å². The molecule has 0 bridgehead atoms. The third kappa shape index (κ3) is 7.78. The molecule has 0 aliphatic carbocycles. The van der Waals surface area contributed by atoms with Gasteiger partial charge in [0.1, 0.15) is 0 Å². The van der Waals surface area contributed by atoms with Gasteiger partial charge in [0.25, 0.3) is 0 Å². The van der Waals surface area contributed by atoms with Crippen LogP contribution in [0.4, 0.5) is 0 Å². The maximum Gasteiger partial charge on any atom is 0.222 e. The summed E-state index contributed by atoms with van der Waals surface area (Å²) < 4.78 is 4.92. The van der Waals surface area contributed by atoms with Gasteiger partial charge in [-0.2, -0.15) is 0 Å². The van der Waals surface area contributed by atoms with Crippen molar-refractivity contribution >= 4 is 5.91 Å². The molecule has 0 aromatic carbocycles. The van der Waals surface area contributed by atoms with Crippen molar-refractivity contribution in [1.29, 1.82) is 0 Å². The second-order valence-corrected chi connectivity index (χ2v) is 3.50. The number of methoxy groups -OCH3 is 1. The highest BCUT2D eigenvalue weighted by atomic mass is 16.5. The van der Waals surface area contributed by atoms with Gasteiger partial charge in [-0.25, -0.2) is 0 Å². The summed E-state index contributed by atoms with van der Waals surface area (Å²) in [4.78, 5) is 11.1. The SMILES string of the molecule is COCCCCCNC(=O)C(C)C.[HH]. The van der Waals surface area contributed by atoms with Gasteiger partial charge in [0.2, 0.25) is 5.91 Å². The zero-order chi connectivity index (χ0) is 10.1. The van der Waals surface area contributed by atoms with Gasteiger partial charge >= 0.3 is 0 Å². The summed E-state index contributed by atoms with van der Waals surface area (Å²) in [6.07, 6.45) is 3.24. The molecular weight excluding hydrogens is 166 g/mol. The molecule has 1 N–H and O–H groups in total. The molecule has 0 aliphatic heterocycles. The largest absolute Gasteiger partial charge is 0.385 e. The average Bonchev–Trinajstić information content (AvgIpc) is 2.10. The summed E-state index contributed by atoms with van der Waals surface area (Å²) in [6, 6.07) is 0. The number of carbonyl (C=O) groups is 1. The minimum atomic E-state index is 0. The number of unbranched alkanes of at least 4 members (excludes halogenated alkanes) is 2. The Morgan fingerprint density at radius 1 is 1.38 bits per heavy atom. The third-order valence-corrected chi connectivity index (χ3v) is 1.85. The van der Waals surface area contributed by atoms with Crippen molar-refractivity contribution in [2.45, 2.75) is 33.1 Å². The van der Waals surface area contributed by atoms with E-state index in [1.54, 1.807) is 7.11 Å². The van der Waals surface area contributed by atoms with E-state index in [1.807, 2.05) is 13.8 Å². The first kappa shape index (κ1) is 12.4. The van der Waals surface area contributed by atoms with E-state index < -0.39 is 0 Å². The highest BCUT2D eigenvalue weighted by Gasteiger charge is 2.04. The van der Waals surface area contributed by atoms with Gasteiger partial charge in [-0.3, -0.25) is 4.79 Å². The van der Waals surface area contributed by atoms with Gasteiger partial charge in [0.15, 0.2) is 0 Å². The molecule has 13 heavy (non-hydrogen) atoms. The topological polar surface area (TPSA) is 38.3 Å². The first-order chi connectivity index (χ1) is 6.18. The van der Waals surface area contributed by atoms with Crippen LogP contribution in [0.3, 0.4) is 0 Å². The molecule has 0 saturated carbocycles. The minimum Gasteiger partial charge on any atom is -0.385 e. The molecule has 0 spiro atoms. The summed E-state index contributed by atoms with van der Waals surface area (Å²) in [5, 5.41) is 2.88. The molecular formula is C10H23NO2. The molecule has 0 aromatic rings. The zero-order valence-electron chi connectivity index (χ0n) is 8.93. The molecule has 0 radical (unpaired) electrons. The molecule has 0 heterocycles. The monoisotopic (exact) mass is 189 g/mol. The molecule has 80 valence electrons. The van der Waals surface area contributed by atoms with E-state index in [0.717, 1.165) is 32.4 Å². The van der Waals surface area contributed by atoms with Gasteiger partial charge < -0.3 is 10.1 Å². The lowest BCUT2D eigenvalue weighted by atomic mass is 10.2. The highest BCUT2D eigenvalue weighted by Crippen LogP contribution is 1.95. The molecule has 3 nitrogen and oxygen atoms in total. The first-order valence-electron chi connectivity index (χ1n) is 4.95. The molecule has 1 amide bonds. The number of nitrogens with one attached hydrogen (secondary N) is 1. The number of hydrogen-bond acceptors (Lipinski definition) is 2. The lowest BCUT2D eigenvalue weighted by Crippen LogP contribution is -2.28. The summed E-state index contributed by atoms with van der Waals surface area (Å²) >= 11 is 0. The van der Waals surface area contributed by atoms with Crippen molar-refractivity contribution in [2.24, 2.45) is 5.92 Å². The second-order valence-electron chi connectivity index (χ2n) is 3.50. The number of carbonyl (C=O) groups excluding carboxylic acids is 1. The van der Waals surface area contributed by atoms with E-state index in [0.29, 0.717) is 0 Å². The van der Waals surface area contributed by atoms with Crippen molar-refractivity contribution in [3.63, 3.8) is 0 Å². The molecule has 0 aliphatic rings. The fourth-order valence-corrected chi connectivity index (χ4v) is 0.964. The van der Waals surface area contributed by atoms with Gasteiger partial charge in [-0.05, 0) is 19.3 Å². The quantitative estimate of drug-likeness (QED) is 0.620. The number of ether oxygens (including phenoxy) is 1. The summed E-state index contributed by atoms with van der Waals surface area (Å²) in [5.74, 6) is 0.241. The van der Waals surface area contributed by atoms with Gasteiger partial charge in [0, 0.05) is 27.6 Å². The summed E-state index contributed by atoms with van der Waals surface area (Å²) in [5.41, 5.74) is 0. The van der Waals surface area contributed by atoms with E-state index in [2.05, 4.69) is 5.32 Å². The lowest BCUT2D eigenvalue weighted by Gasteiger charge is -2.06. The van der Waals surface area contributed by atoms with Crippen LogP contribution < -0.4 is 5.32 Å². The standard InChI is InChI=1S/C10H21NO2.H2/c1-9(2)10(12)11-7-5-4-6-8-13-3;/h9H,4-8H2,1-3H3,(H,11,12);1H. The first-order valence-corrected chi connectivity index (χ1v) is 4.95. The average molecular weight is 189 g/mol. The fourth-order valence-electron chi connectivity index (χ4n) is 0.964. The van der Waals surface area contributed by atoms with Gasteiger partial charge in [0.05, 0.1) is 0 Å². The minimum absolute atomic E-state index is 0. The molecule has 0 aromatic heterocycles. The van der Waals surface area contributed by atoms with E-state index in [-0.39, 0.29) is 13.3 Å². The fraction of sp³-hybridized carbons (Fsp3) is 0.900. The Bertz CT molecular complexity index is 140. The van der Waals surface area contributed by atoms with Crippen molar-refractivity contribution < 1.29 is 11.0 Å². The molecule has 0 saturated heterocycles. The lowest BCUT2D eigenvalue weighted by molar-refractivity contribution is -0.123.